The van der Waals surface area contributed by atoms with Crippen molar-refractivity contribution >= 4 is 5.78 Å². The van der Waals surface area contributed by atoms with E-state index in [1.165, 1.54) is 6.92 Å². The largest absolute Gasteiger partial charge is 0.394 e. The van der Waals surface area contributed by atoms with Crippen molar-refractivity contribution in [2.24, 2.45) is 0 Å². The van der Waals surface area contributed by atoms with Crippen LogP contribution in [0.2, 0.25) is 0 Å². The minimum absolute atomic E-state index is 0.0370. The van der Waals surface area contributed by atoms with Crippen LogP contribution < -0.4 is 0 Å². The Morgan fingerprint density at radius 3 is 1.63 bits per heavy atom. The smallest absolute Gasteiger partial charge is 0.154 e. The molecule has 0 amide bonds. The molecule has 1 saturated carbocycles. The first-order valence-corrected chi connectivity index (χ1v) is 7.01. The highest BCUT2D eigenvalue weighted by atomic mass is 16.7. The first-order chi connectivity index (χ1) is 8.97. The lowest BCUT2D eigenvalue weighted by molar-refractivity contribution is -0.123. The average Bonchev–Trinajstić information content (AvgIpc) is 2.82. The van der Waals surface area contributed by atoms with Crippen LogP contribution in [0.3, 0.4) is 0 Å². The Kier molecular flexibility index (Phi) is 17.1. The Morgan fingerprint density at radius 1 is 1.11 bits per heavy atom. The zero-order valence-electron chi connectivity index (χ0n) is 12.7. The number of rotatable bonds is 5. The Labute approximate surface area is 116 Å². The highest BCUT2D eigenvalue weighted by Crippen LogP contribution is 2.11. The lowest BCUT2D eigenvalue weighted by Crippen LogP contribution is -2.11. The molecule has 19 heavy (non-hydrogen) atoms. The van der Waals surface area contributed by atoms with Gasteiger partial charge in [0.2, 0.25) is 0 Å². The van der Waals surface area contributed by atoms with Crippen LogP contribution in [0.5, 0.6) is 0 Å². The van der Waals surface area contributed by atoms with E-state index >= 15 is 0 Å². The number of ether oxygens (including phenoxy) is 2. The van der Waals surface area contributed by atoms with Crippen molar-refractivity contribution in [2.45, 2.75) is 65.8 Å². The molecule has 0 spiro atoms. The van der Waals surface area contributed by atoms with Crippen molar-refractivity contribution in [2.75, 3.05) is 19.8 Å². The molecule has 1 rings (SSSR count). The Balaban J connectivity index is 0. The van der Waals surface area contributed by atoms with Gasteiger partial charge in [-0.05, 0) is 40.5 Å². The van der Waals surface area contributed by atoms with Gasteiger partial charge < -0.3 is 19.7 Å². The van der Waals surface area contributed by atoms with E-state index < -0.39 is 6.10 Å². The summed E-state index contributed by atoms with van der Waals surface area (Å²) in [5.41, 5.74) is 0. The van der Waals surface area contributed by atoms with Gasteiger partial charge in [-0.3, -0.25) is 4.79 Å². The molecule has 116 valence electrons. The quantitative estimate of drug-likeness (QED) is 0.751. The van der Waals surface area contributed by atoms with Crippen LogP contribution in [0.15, 0.2) is 0 Å². The molecule has 1 atom stereocenters. The predicted octanol–water partition coefficient (Wildman–Crippen LogP) is 1.89. The van der Waals surface area contributed by atoms with E-state index in [9.17, 15) is 4.79 Å². The fraction of sp³-hybridized carbons (Fsp3) is 0.929. The topological polar surface area (TPSA) is 76.0 Å². The molecule has 0 aromatic heterocycles. The minimum atomic E-state index is -0.560. The molecule has 5 heteroatoms. The van der Waals surface area contributed by atoms with Crippen molar-refractivity contribution in [3.63, 3.8) is 0 Å². The monoisotopic (exact) mass is 278 g/mol. The Morgan fingerprint density at radius 2 is 1.47 bits per heavy atom. The number of carbonyl (C=O) groups is 1. The van der Waals surface area contributed by atoms with Crippen molar-refractivity contribution in [1.29, 1.82) is 0 Å². The van der Waals surface area contributed by atoms with Crippen molar-refractivity contribution < 1.29 is 24.5 Å². The van der Waals surface area contributed by atoms with Crippen LogP contribution in [0, 0.1) is 0 Å². The number of hydrogen-bond acceptors (Lipinski definition) is 5. The maximum atomic E-state index is 10.2. The molecule has 0 saturated heterocycles. The first-order valence-electron chi connectivity index (χ1n) is 7.01. The highest BCUT2D eigenvalue weighted by molar-refractivity contribution is 5.79. The maximum absolute atomic E-state index is 10.2. The van der Waals surface area contributed by atoms with Crippen molar-refractivity contribution in [3.8, 4) is 0 Å². The summed E-state index contributed by atoms with van der Waals surface area (Å²) in [5, 5.41) is 16.0. The normalized spacial score (nSPS) is 15.4. The van der Waals surface area contributed by atoms with Crippen LogP contribution in [0.25, 0.3) is 0 Å². The molecule has 0 aromatic rings. The lowest BCUT2D eigenvalue weighted by atomic mass is 10.4. The molecule has 2 N–H and O–H groups in total. The standard InChI is InChI=1S/C6H14O2.C5H8O.C3H8O2/c1-4-7-6(3)8-5-2;6-5-3-1-2-4-5;1-3(5)2-4/h6H,4-5H2,1-3H3;1-4H2;3-5H,2H2,1H3. The van der Waals surface area contributed by atoms with Gasteiger partial charge in [0, 0.05) is 26.1 Å². The minimum Gasteiger partial charge on any atom is -0.394 e. The van der Waals surface area contributed by atoms with Crippen LogP contribution in [-0.4, -0.2) is 48.2 Å². The van der Waals surface area contributed by atoms with Gasteiger partial charge in [0.25, 0.3) is 0 Å². The number of carbonyl (C=O) groups excluding carboxylic acids is 1. The number of aliphatic hydroxyl groups is 2. The summed E-state index contributed by atoms with van der Waals surface area (Å²) in [6.07, 6.45) is 3.37. The van der Waals surface area contributed by atoms with E-state index in [-0.39, 0.29) is 12.9 Å². The number of Topliss-reactive ketones (excluding diaryl/α,β-unsaturated/α-hetero) is 1. The lowest BCUT2D eigenvalue weighted by Gasteiger charge is -2.09. The van der Waals surface area contributed by atoms with Crippen molar-refractivity contribution in [1.82, 2.24) is 0 Å². The molecule has 1 fully saturated rings. The number of ketones is 1. The van der Waals surface area contributed by atoms with E-state index in [2.05, 4.69) is 0 Å². The summed E-state index contributed by atoms with van der Waals surface area (Å²) < 4.78 is 10.1. The fourth-order valence-electron chi connectivity index (χ4n) is 1.29. The fourth-order valence-corrected chi connectivity index (χ4v) is 1.29. The summed E-state index contributed by atoms with van der Waals surface area (Å²) in [6.45, 7) is 8.64. The van der Waals surface area contributed by atoms with Gasteiger partial charge in [-0.1, -0.05) is 0 Å². The molecule has 0 heterocycles. The summed E-state index contributed by atoms with van der Waals surface area (Å²) in [7, 11) is 0. The molecule has 0 radical (unpaired) electrons. The third-order valence-corrected chi connectivity index (χ3v) is 2.23. The van der Waals surface area contributed by atoms with Crippen LogP contribution in [-0.2, 0) is 14.3 Å². The number of aliphatic hydroxyl groups excluding tert-OH is 2. The van der Waals surface area contributed by atoms with E-state index in [4.69, 9.17) is 19.7 Å². The van der Waals surface area contributed by atoms with Crippen LogP contribution in [0.4, 0.5) is 0 Å². The number of hydrogen-bond donors (Lipinski definition) is 2. The van der Waals surface area contributed by atoms with Crippen LogP contribution >= 0.6 is 0 Å². The van der Waals surface area contributed by atoms with Gasteiger partial charge in [0.1, 0.15) is 5.78 Å². The molecule has 0 aromatic carbocycles. The summed E-state index contributed by atoms with van der Waals surface area (Å²) in [6, 6.07) is 0. The third-order valence-electron chi connectivity index (χ3n) is 2.23. The molecular formula is C14H30O5. The SMILES string of the molecule is CC(O)CO.CCOC(C)OCC.O=C1CCCC1. The second-order valence-electron chi connectivity index (χ2n) is 4.26. The zero-order chi connectivity index (χ0) is 15.1. The van der Waals surface area contributed by atoms with Gasteiger partial charge in [0.05, 0.1) is 12.7 Å². The molecular weight excluding hydrogens is 248 g/mol. The second-order valence-corrected chi connectivity index (χ2v) is 4.26. The summed E-state index contributed by atoms with van der Waals surface area (Å²) in [4.78, 5) is 10.2. The molecule has 1 aliphatic carbocycles. The van der Waals surface area contributed by atoms with E-state index in [1.807, 2.05) is 20.8 Å². The molecule has 1 aliphatic rings. The first kappa shape index (κ1) is 20.8. The Bertz CT molecular complexity index is 180. The molecule has 0 aliphatic heterocycles. The maximum Gasteiger partial charge on any atom is 0.154 e. The second kappa shape index (κ2) is 15.6. The highest BCUT2D eigenvalue weighted by Gasteiger charge is 2.07. The molecule has 1 unspecified atom stereocenters. The van der Waals surface area contributed by atoms with Gasteiger partial charge in [-0.2, -0.15) is 0 Å². The van der Waals surface area contributed by atoms with Crippen molar-refractivity contribution in [3.05, 3.63) is 0 Å². The average molecular weight is 278 g/mol. The van der Waals surface area contributed by atoms with Crippen LogP contribution in [0.1, 0.15) is 53.4 Å². The van der Waals surface area contributed by atoms with Gasteiger partial charge >= 0.3 is 0 Å². The molecule has 0 bridgehead atoms. The van der Waals surface area contributed by atoms with Gasteiger partial charge in [-0.15, -0.1) is 0 Å². The molecule has 5 nitrogen and oxygen atoms in total. The summed E-state index contributed by atoms with van der Waals surface area (Å²) >= 11 is 0. The van der Waals surface area contributed by atoms with E-state index in [0.29, 0.717) is 5.78 Å². The van der Waals surface area contributed by atoms with Gasteiger partial charge in [0.15, 0.2) is 6.29 Å². The van der Waals surface area contributed by atoms with E-state index in [1.54, 1.807) is 0 Å². The third kappa shape index (κ3) is 20.0. The summed E-state index contributed by atoms with van der Waals surface area (Å²) in [5.74, 6) is 0.454. The van der Waals surface area contributed by atoms with Gasteiger partial charge in [-0.25, -0.2) is 0 Å². The predicted molar refractivity (Wildman–Crippen MR) is 75.0 cm³/mol. The Hall–Kier alpha value is -0.490. The zero-order valence-corrected chi connectivity index (χ0v) is 12.7. The van der Waals surface area contributed by atoms with E-state index in [0.717, 1.165) is 38.9 Å².